The van der Waals surface area contributed by atoms with Crippen LogP contribution in [0.4, 0.5) is 11.5 Å². The lowest BCUT2D eigenvalue weighted by molar-refractivity contribution is 0.204. The van der Waals surface area contributed by atoms with Gasteiger partial charge in [0.15, 0.2) is 5.82 Å². The summed E-state index contributed by atoms with van der Waals surface area (Å²) in [5.41, 5.74) is 6.68. The predicted octanol–water partition coefficient (Wildman–Crippen LogP) is 0.168. The molecule has 1 aliphatic heterocycles. The molecule has 1 aromatic heterocycles. The molecule has 0 aromatic carbocycles. The third-order valence-electron chi connectivity index (χ3n) is 3.12. The van der Waals surface area contributed by atoms with E-state index in [0.29, 0.717) is 0 Å². The Morgan fingerprint density at radius 1 is 1.29 bits per heavy atom. The highest BCUT2D eigenvalue weighted by Gasteiger charge is 2.16. The van der Waals surface area contributed by atoms with Crippen LogP contribution in [0.5, 0.6) is 0 Å². The van der Waals surface area contributed by atoms with Crippen molar-refractivity contribution in [3.8, 4) is 0 Å². The van der Waals surface area contributed by atoms with Gasteiger partial charge in [0.1, 0.15) is 0 Å². The van der Waals surface area contributed by atoms with E-state index >= 15 is 0 Å². The molecule has 0 spiro atoms. The molecule has 1 fully saturated rings. The van der Waals surface area contributed by atoms with Gasteiger partial charge in [-0.1, -0.05) is 0 Å². The van der Waals surface area contributed by atoms with Crippen molar-refractivity contribution < 1.29 is 5.11 Å². The van der Waals surface area contributed by atoms with Crippen molar-refractivity contribution in [3.63, 3.8) is 0 Å². The third kappa shape index (κ3) is 3.08. The average Bonchev–Trinajstić information content (AvgIpc) is 2.56. The summed E-state index contributed by atoms with van der Waals surface area (Å²) in [7, 11) is 0. The van der Waals surface area contributed by atoms with Gasteiger partial charge in [0.25, 0.3) is 0 Å². The third-order valence-corrected chi connectivity index (χ3v) is 3.12. The van der Waals surface area contributed by atoms with Gasteiger partial charge >= 0.3 is 0 Å². The Balaban J connectivity index is 2.01. The molecule has 2 heterocycles. The molecule has 2 rings (SSSR count). The Hall–Kier alpha value is -1.33. The normalized spacial score (nSPS) is 18.1. The summed E-state index contributed by atoms with van der Waals surface area (Å²) < 4.78 is 0. The summed E-state index contributed by atoms with van der Waals surface area (Å²) in [6.07, 6.45) is 2.86. The number of anilines is 2. The summed E-state index contributed by atoms with van der Waals surface area (Å²) in [4.78, 5) is 8.85. The molecule has 5 nitrogen and oxygen atoms in total. The topological polar surface area (TPSA) is 65.6 Å². The number of pyridine rings is 1. The first-order valence-electron chi connectivity index (χ1n) is 6.10. The molecule has 0 aliphatic carbocycles. The second-order valence-corrected chi connectivity index (χ2v) is 4.32. The van der Waals surface area contributed by atoms with Crippen LogP contribution in [0.1, 0.15) is 6.42 Å². The van der Waals surface area contributed by atoms with Crippen molar-refractivity contribution in [2.75, 3.05) is 50.0 Å². The van der Waals surface area contributed by atoms with Crippen molar-refractivity contribution in [3.05, 3.63) is 18.3 Å². The molecular weight excluding hydrogens is 216 g/mol. The maximum atomic E-state index is 8.95. The van der Waals surface area contributed by atoms with Crippen LogP contribution in [0.25, 0.3) is 0 Å². The van der Waals surface area contributed by atoms with Crippen molar-refractivity contribution in [1.29, 1.82) is 0 Å². The lowest BCUT2D eigenvalue weighted by Gasteiger charge is -2.23. The number of hydrogen-bond donors (Lipinski definition) is 2. The quantitative estimate of drug-likeness (QED) is 0.783. The fourth-order valence-corrected chi connectivity index (χ4v) is 2.22. The molecule has 17 heavy (non-hydrogen) atoms. The molecule has 0 saturated carbocycles. The standard InChI is InChI=1S/C12H20N4O/c13-11-3-1-4-14-12(11)16-6-2-5-15(7-8-16)9-10-17/h1,3-4,17H,2,5-10,13H2. The zero-order chi connectivity index (χ0) is 12.1. The summed E-state index contributed by atoms with van der Waals surface area (Å²) in [6.45, 7) is 4.86. The molecular formula is C12H20N4O. The molecule has 0 radical (unpaired) electrons. The van der Waals surface area contributed by atoms with Gasteiger partial charge in [0.2, 0.25) is 0 Å². The lowest BCUT2D eigenvalue weighted by Crippen LogP contribution is -2.33. The molecule has 0 bridgehead atoms. The Kier molecular flexibility index (Phi) is 4.17. The Morgan fingerprint density at radius 2 is 2.18 bits per heavy atom. The van der Waals surface area contributed by atoms with E-state index in [2.05, 4.69) is 14.8 Å². The van der Waals surface area contributed by atoms with Crippen LogP contribution in [0.15, 0.2) is 18.3 Å². The first-order chi connectivity index (χ1) is 8.31. The van der Waals surface area contributed by atoms with Gasteiger partial charge in [-0.2, -0.15) is 0 Å². The number of hydrogen-bond acceptors (Lipinski definition) is 5. The van der Waals surface area contributed by atoms with Crippen LogP contribution in [0.2, 0.25) is 0 Å². The maximum Gasteiger partial charge on any atom is 0.151 e. The van der Waals surface area contributed by atoms with E-state index in [0.717, 1.165) is 50.6 Å². The molecule has 1 saturated heterocycles. The van der Waals surface area contributed by atoms with E-state index in [1.54, 1.807) is 6.20 Å². The van der Waals surface area contributed by atoms with Gasteiger partial charge in [-0.05, 0) is 25.1 Å². The second-order valence-electron chi connectivity index (χ2n) is 4.32. The lowest BCUT2D eigenvalue weighted by atomic mass is 10.3. The first-order valence-corrected chi connectivity index (χ1v) is 6.10. The first kappa shape index (κ1) is 12.1. The summed E-state index contributed by atoms with van der Waals surface area (Å²) in [6, 6.07) is 3.74. The molecule has 1 aliphatic rings. The van der Waals surface area contributed by atoms with Crippen molar-refractivity contribution in [1.82, 2.24) is 9.88 Å². The van der Waals surface area contributed by atoms with Crippen molar-refractivity contribution >= 4 is 11.5 Å². The molecule has 5 heteroatoms. The van der Waals surface area contributed by atoms with Crippen LogP contribution < -0.4 is 10.6 Å². The van der Waals surface area contributed by atoms with Crippen LogP contribution in [-0.4, -0.2) is 54.3 Å². The van der Waals surface area contributed by atoms with Crippen molar-refractivity contribution in [2.45, 2.75) is 6.42 Å². The average molecular weight is 236 g/mol. The molecule has 1 aromatic rings. The predicted molar refractivity (Wildman–Crippen MR) is 69.0 cm³/mol. The van der Waals surface area contributed by atoms with Gasteiger partial charge in [-0.3, -0.25) is 4.90 Å². The second kappa shape index (κ2) is 5.84. The van der Waals surface area contributed by atoms with E-state index in [9.17, 15) is 0 Å². The number of aromatic nitrogens is 1. The van der Waals surface area contributed by atoms with Gasteiger partial charge in [-0.15, -0.1) is 0 Å². The fraction of sp³-hybridized carbons (Fsp3) is 0.583. The van der Waals surface area contributed by atoms with Gasteiger partial charge in [-0.25, -0.2) is 4.98 Å². The summed E-state index contributed by atoms with van der Waals surface area (Å²) in [5.74, 6) is 0.887. The van der Waals surface area contributed by atoms with E-state index in [1.165, 1.54) is 0 Å². The number of rotatable bonds is 3. The number of nitrogens with zero attached hydrogens (tertiary/aromatic N) is 3. The highest BCUT2D eigenvalue weighted by atomic mass is 16.3. The van der Waals surface area contributed by atoms with Crippen molar-refractivity contribution in [2.24, 2.45) is 0 Å². The largest absolute Gasteiger partial charge is 0.396 e. The fourth-order valence-electron chi connectivity index (χ4n) is 2.22. The van der Waals surface area contributed by atoms with E-state index in [4.69, 9.17) is 10.8 Å². The molecule has 3 N–H and O–H groups in total. The monoisotopic (exact) mass is 236 g/mol. The van der Waals surface area contributed by atoms with Crippen LogP contribution in [0.3, 0.4) is 0 Å². The number of nitrogen functional groups attached to an aromatic ring is 1. The van der Waals surface area contributed by atoms with Crippen LogP contribution in [-0.2, 0) is 0 Å². The molecule has 0 amide bonds. The Bertz CT molecular complexity index is 358. The summed E-state index contributed by atoms with van der Waals surface area (Å²) in [5, 5.41) is 8.95. The van der Waals surface area contributed by atoms with E-state index in [-0.39, 0.29) is 6.61 Å². The summed E-state index contributed by atoms with van der Waals surface area (Å²) >= 11 is 0. The number of nitrogens with two attached hydrogens (primary N) is 1. The van der Waals surface area contributed by atoms with E-state index in [1.807, 2.05) is 12.1 Å². The zero-order valence-electron chi connectivity index (χ0n) is 10.0. The number of aliphatic hydroxyl groups excluding tert-OH is 1. The van der Waals surface area contributed by atoms with Gasteiger partial charge < -0.3 is 15.7 Å². The van der Waals surface area contributed by atoms with Crippen LogP contribution in [0, 0.1) is 0 Å². The minimum Gasteiger partial charge on any atom is -0.396 e. The smallest absolute Gasteiger partial charge is 0.151 e. The number of β-amino-alcohol motifs (C(OH)–C–C–N with tert-alkyl or cyclic N) is 1. The highest BCUT2D eigenvalue weighted by Crippen LogP contribution is 2.20. The van der Waals surface area contributed by atoms with E-state index < -0.39 is 0 Å². The van der Waals surface area contributed by atoms with Gasteiger partial charge in [0, 0.05) is 32.4 Å². The minimum absolute atomic E-state index is 0.228. The maximum absolute atomic E-state index is 8.95. The molecule has 0 unspecified atom stereocenters. The number of aliphatic hydroxyl groups is 1. The Morgan fingerprint density at radius 3 is 2.94 bits per heavy atom. The highest BCUT2D eigenvalue weighted by molar-refractivity contribution is 5.62. The Labute approximate surface area is 102 Å². The van der Waals surface area contributed by atoms with Crippen LogP contribution >= 0.6 is 0 Å². The SMILES string of the molecule is Nc1cccnc1N1CCCN(CCO)CC1. The minimum atomic E-state index is 0.228. The molecule has 0 atom stereocenters. The molecule has 94 valence electrons. The van der Waals surface area contributed by atoms with Gasteiger partial charge in [0.05, 0.1) is 12.3 Å². The zero-order valence-corrected chi connectivity index (χ0v) is 10.0.